The first-order valence-corrected chi connectivity index (χ1v) is 6.53. The minimum atomic E-state index is -0.407. The molecule has 0 atom stereocenters. The lowest BCUT2D eigenvalue weighted by Gasteiger charge is -2.03. The number of rotatable bonds is 7. The fourth-order valence-corrected chi connectivity index (χ4v) is 1.53. The van der Waals surface area contributed by atoms with Gasteiger partial charge in [-0.25, -0.2) is 0 Å². The number of hydrogen-bond donors (Lipinski definition) is 2. The highest BCUT2D eigenvalue weighted by molar-refractivity contribution is 6.18. The highest BCUT2D eigenvalue weighted by Gasteiger charge is 2.06. The molecule has 2 N–H and O–H groups in total. The second kappa shape index (κ2) is 9.01. The zero-order valence-electron chi connectivity index (χ0n) is 10.5. The highest BCUT2D eigenvalue weighted by atomic mass is 35.5. The van der Waals surface area contributed by atoms with E-state index in [0.29, 0.717) is 19.0 Å². The van der Waals surface area contributed by atoms with Crippen LogP contribution in [0.15, 0.2) is 42.1 Å². The molecule has 0 saturated carbocycles. The molecule has 0 aliphatic carbocycles. The normalized spacial score (nSPS) is 10.6. The van der Waals surface area contributed by atoms with Crippen LogP contribution in [-0.2, 0) is 11.2 Å². The number of nitrogens with one attached hydrogen (secondary N) is 2. The Bertz CT molecular complexity index is 465. The molecule has 0 saturated heterocycles. The summed E-state index contributed by atoms with van der Waals surface area (Å²) in [6.07, 6.45) is 2.27. The van der Waals surface area contributed by atoms with Gasteiger partial charge < -0.3 is 10.6 Å². The average molecular weight is 278 g/mol. The molecule has 1 amide bonds. The fraction of sp³-hybridized carbons (Fsp3) is 0.286. The van der Waals surface area contributed by atoms with E-state index in [4.69, 9.17) is 16.9 Å². The topological polar surface area (TPSA) is 64.9 Å². The molecule has 0 radical (unpaired) electrons. The van der Waals surface area contributed by atoms with Crippen molar-refractivity contribution in [1.29, 1.82) is 5.26 Å². The Morgan fingerprint density at radius 1 is 1.32 bits per heavy atom. The molecule has 0 heterocycles. The Labute approximate surface area is 118 Å². The third-order valence-corrected chi connectivity index (χ3v) is 2.58. The monoisotopic (exact) mass is 277 g/mol. The lowest BCUT2D eigenvalue weighted by molar-refractivity contribution is -0.117. The van der Waals surface area contributed by atoms with E-state index < -0.39 is 5.91 Å². The van der Waals surface area contributed by atoms with Gasteiger partial charge >= 0.3 is 0 Å². The standard InChI is InChI=1S/C14H16ClN3O/c15-7-9-18-14(19)13(10-16)11-17-8-6-12-4-2-1-3-5-12/h1-5,11,17H,6-9H2,(H,18,19)/b13-11-. The molecule has 4 nitrogen and oxygen atoms in total. The Balaban J connectivity index is 2.37. The zero-order valence-corrected chi connectivity index (χ0v) is 11.3. The molecule has 1 aromatic carbocycles. The Hall–Kier alpha value is -1.99. The average Bonchev–Trinajstić information content (AvgIpc) is 2.46. The molecule has 0 unspecified atom stereocenters. The van der Waals surface area contributed by atoms with Gasteiger partial charge in [-0.1, -0.05) is 30.3 Å². The van der Waals surface area contributed by atoms with Gasteiger partial charge in [0, 0.05) is 25.2 Å². The van der Waals surface area contributed by atoms with Crippen LogP contribution in [0.3, 0.4) is 0 Å². The molecule has 19 heavy (non-hydrogen) atoms. The quantitative estimate of drug-likeness (QED) is 0.344. The number of carbonyl (C=O) groups excluding carboxylic acids is 1. The Morgan fingerprint density at radius 3 is 2.68 bits per heavy atom. The van der Waals surface area contributed by atoms with Crippen molar-refractivity contribution in [3.05, 3.63) is 47.7 Å². The summed E-state index contributed by atoms with van der Waals surface area (Å²) in [5, 5.41) is 14.4. The molecular formula is C14H16ClN3O. The molecule has 5 heteroatoms. The molecule has 100 valence electrons. The van der Waals surface area contributed by atoms with Gasteiger partial charge in [-0.2, -0.15) is 5.26 Å². The van der Waals surface area contributed by atoms with Crippen molar-refractivity contribution < 1.29 is 4.79 Å². The van der Waals surface area contributed by atoms with Crippen molar-refractivity contribution in [2.75, 3.05) is 19.0 Å². The Morgan fingerprint density at radius 2 is 2.05 bits per heavy atom. The van der Waals surface area contributed by atoms with E-state index in [1.165, 1.54) is 11.8 Å². The molecule has 0 bridgehead atoms. The number of nitriles is 1. The zero-order chi connectivity index (χ0) is 13.9. The highest BCUT2D eigenvalue weighted by Crippen LogP contribution is 1.98. The van der Waals surface area contributed by atoms with Crippen LogP contribution in [0.5, 0.6) is 0 Å². The third kappa shape index (κ3) is 5.94. The van der Waals surface area contributed by atoms with Crippen molar-refractivity contribution in [1.82, 2.24) is 10.6 Å². The van der Waals surface area contributed by atoms with Gasteiger partial charge in [0.2, 0.25) is 0 Å². The predicted octanol–water partition coefficient (Wildman–Crippen LogP) is 1.58. The van der Waals surface area contributed by atoms with E-state index in [-0.39, 0.29) is 5.57 Å². The maximum Gasteiger partial charge on any atom is 0.263 e. The summed E-state index contributed by atoms with van der Waals surface area (Å²) in [4.78, 5) is 11.5. The molecule has 0 aromatic heterocycles. The van der Waals surface area contributed by atoms with Crippen LogP contribution in [0.2, 0.25) is 0 Å². The van der Waals surface area contributed by atoms with E-state index in [0.717, 1.165) is 6.42 Å². The van der Waals surface area contributed by atoms with Crippen molar-refractivity contribution in [2.45, 2.75) is 6.42 Å². The maximum atomic E-state index is 11.5. The lowest BCUT2D eigenvalue weighted by atomic mass is 10.1. The number of hydrogen-bond acceptors (Lipinski definition) is 3. The SMILES string of the molecule is N#C/C(=C/NCCc1ccccc1)C(=O)NCCCl. The van der Waals surface area contributed by atoms with Gasteiger partial charge in [0.05, 0.1) is 0 Å². The number of alkyl halides is 1. The molecule has 1 aromatic rings. The number of halogens is 1. The van der Waals surface area contributed by atoms with Crippen molar-refractivity contribution >= 4 is 17.5 Å². The van der Waals surface area contributed by atoms with Gasteiger partial charge in [0.15, 0.2) is 0 Å². The van der Waals surface area contributed by atoms with E-state index in [9.17, 15) is 4.79 Å². The molecule has 0 fully saturated rings. The molecular weight excluding hydrogens is 262 g/mol. The number of carbonyl (C=O) groups is 1. The van der Waals surface area contributed by atoms with E-state index in [1.54, 1.807) is 0 Å². The van der Waals surface area contributed by atoms with Gasteiger partial charge in [0.25, 0.3) is 5.91 Å². The van der Waals surface area contributed by atoms with Crippen LogP contribution in [0.25, 0.3) is 0 Å². The first kappa shape index (κ1) is 15.1. The van der Waals surface area contributed by atoms with Crippen LogP contribution >= 0.6 is 11.6 Å². The molecule has 0 aliphatic rings. The van der Waals surface area contributed by atoms with Gasteiger partial charge in [-0.15, -0.1) is 11.6 Å². The van der Waals surface area contributed by atoms with Crippen LogP contribution in [0.4, 0.5) is 0 Å². The third-order valence-electron chi connectivity index (χ3n) is 2.39. The van der Waals surface area contributed by atoms with E-state index in [1.807, 2.05) is 36.4 Å². The summed E-state index contributed by atoms with van der Waals surface area (Å²) in [5.74, 6) is -0.0818. The molecule has 0 spiro atoms. The molecule has 0 aliphatic heterocycles. The summed E-state index contributed by atoms with van der Waals surface area (Å²) in [6, 6.07) is 11.8. The predicted molar refractivity (Wildman–Crippen MR) is 75.6 cm³/mol. The van der Waals surface area contributed by atoms with Crippen LogP contribution in [0, 0.1) is 11.3 Å². The minimum Gasteiger partial charge on any atom is -0.389 e. The second-order valence-corrected chi connectivity index (χ2v) is 4.18. The van der Waals surface area contributed by atoms with Crippen LogP contribution in [-0.4, -0.2) is 24.9 Å². The first-order valence-electron chi connectivity index (χ1n) is 5.99. The minimum absolute atomic E-state index is 0.0539. The summed E-state index contributed by atoms with van der Waals surface area (Å²) < 4.78 is 0. The van der Waals surface area contributed by atoms with Gasteiger partial charge in [0.1, 0.15) is 11.6 Å². The summed E-state index contributed by atoms with van der Waals surface area (Å²) in [7, 11) is 0. The summed E-state index contributed by atoms with van der Waals surface area (Å²) >= 11 is 5.46. The van der Waals surface area contributed by atoms with Crippen molar-refractivity contribution in [3.63, 3.8) is 0 Å². The fourth-order valence-electron chi connectivity index (χ4n) is 1.44. The van der Waals surface area contributed by atoms with E-state index in [2.05, 4.69) is 10.6 Å². The first-order chi connectivity index (χ1) is 9.27. The van der Waals surface area contributed by atoms with Crippen molar-refractivity contribution in [3.8, 4) is 6.07 Å². The second-order valence-electron chi connectivity index (χ2n) is 3.80. The maximum absolute atomic E-state index is 11.5. The van der Waals surface area contributed by atoms with Crippen LogP contribution < -0.4 is 10.6 Å². The number of nitrogens with zero attached hydrogens (tertiary/aromatic N) is 1. The smallest absolute Gasteiger partial charge is 0.263 e. The summed E-state index contributed by atoms with van der Waals surface area (Å²) in [5.41, 5.74) is 1.26. The van der Waals surface area contributed by atoms with E-state index >= 15 is 0 Å². The number of benzene rings is 1. The van der Waals surface area contributed by atoms with Crippen LogP contribution in [0.1, 0.15) is 5.56 Å². The number of amides is 1. The largest absolute Gasteiger partial charge is 0.389 e. The van der Waals surface area contributed by atoms with Gasteiger partial charge in [-0.05, 0) is 12.0 Å². The lowest BCUT2D eigenvalue weighted by Crippen LogP contribution is -2.27. The van der Waals surface area contributed by atoms with Crippen molar-refractivity contribution in [2.24, 2.45) is 0 Å². The van der Waals surface area contributed by atoms with Gasteiger partial charge in [-0.3, -0.25) is 4.79 Å². The molecule has 1 rings (SSSR count). The Kier molecular flexibility index (Phi) is 7.14. The summed E-state index contributed by atoms with van der Waals surface area (Å²) in [6.45, 7) is 1.02.